The van der Waals surface area contributed by atoms with E-state index in [1.54, 1.807) is 11.3 Å². The number of benzene rings is 3. The fourth-order valence-corrected chi connectivity index (χ4v) is 5.16. The molecule has 0 unspecified atom stereocenters. The number of hydrogen-bond donors (Lipinski definition) is 1. The van der Waals surface area contributed by atoms with Crippen LogP contribution in [0.25, 0.3) is 21.1 Å². The predicted octanol–water partition coefficient (Wildman–Crippen LogP) is 7.52. The molecule has 178 valence electrons. The Labute approximate surface area is 210 Å². The summed E-state index contributed by atoms with van der Waals surface area (Å²) < 4.78 is 9.54. The zero-order valence-electron chi connectivity index (χ0n) is 20.6. The Bertz CT molecular complexity index is 1460. The van der Waals surface area contributed by atoms with Gasteiger partial charge in [0.25, 0.3) is 0 Å². The molecule has 0 saturated carbocycles. The highest BCUT2D eigenvalue weighted by atomic mass is 32.1. The van der Waals surface area contributed by atoms with Gasteiger partial charge in [0.05, 0.1) is 23.0 Å². The van der Waals surface area contributed by atoms with Gasteiger partial charge in [0.1, 0.15) is 12.4 Å². The molecule has 0 amide bonds. The number of para-hydroxylation sites is 1. The number of anilines is 1. The van der Waals surface area contributed by atoms with E-state index >= 15 is 0 Å². The normalized spacial score (nSPS) is 11.8. The molecular weight excluding hydrogens is 452 g/mol. The van der Waals surface area contributed by atoms with Gasteiger partial charge < -0.3 is 9.30 Å². The highest BCUT2D eigenvalue weighted by Gasteiger charge is 2.13. The van der Waals surface area contributed by atoms with Gasteiger partial charge in [-0.25, -0.2) is 4.98 Å². The molecule has 0 bridgehead atoms. The molecule has 0 radical (unpaired) electrons. The number of hydrazone groups is 1. The Balaban J connectivity index is 1.35. The van der Waals surface area contributed by atoms with Crippen LogP contribution < -0.4 is 10.2 Å². The van der Waals surface area contributed by atoms with Gasteiger partial charge in [-0.05, 0) is 61.7 Å². The van der Waals surface area contributed by atoms with E-state index in [2.05, 4.69) is 96.3 Å². The smallest absolute Gasteiger partial charge is 0.204 e. The van der Waals surface area contributed by atoms with Gasteiger partial charge in [0.2, 0.25) is 5.13 Å². The van der Waals surface area contributed by atoms with Gasteiger partial charge >= 0.3 is 0 Å². The molecule has 5 nitrogen and oxygen atoms in total. The summed E-state index contributed by atoms with van der Waals surface area (Å²) in [5.74, 6) is 1.42. The lowest BCUT2D eigenvalue weighted by molar-refractivity contribution is 0.299. The average molecular weight is 483 g/mol. The van der Waals surface area contributed by atoms with Crippen molar-refractivity contribution in [2.24, 2.45) is 5.10 Å². The third-order valence-corrected chi connectivity index (χ3v) is 7.25. The molecule has 5 aromatic rings. The first-order chi connectivity index (χ1) is 17.0. The molecule has 2 aromatic heterocycles. The largest absolute Gasteiger partial charge is 0.492 e. The zero-order valence-corrected chi connectivity index (χ0v) is 21.4. The summed E-state index contributed by atoms with van der Waals surface area (Å²) in [5.41, 5.74) is 10.1. The van der Waals surface area contributed by atoms with Gasteiger partial charge in [0, 0.05) is 22.2 Å². The fourth-order valence-electron chi connectivity index (χ4n) is 4.35. The van der Waals surface area contributed by atoms with Crippen molar-refractivity contribution in [2.75, 3.05) is 12.0 Å². The van der Waals surface area contributed by atoms with Gasteiger partial charge in [-0.2, -0.15) is 5.10 Å². The van der Waals surface area contributed by atoms with Crippen LogP contribution in [0.3, 0.4) is 0 Å². The molecule has 0 aliphatic carbocycles. The summed E-state index contributed by atoms with van der Waals surface area (Å²) >= 11 is 1.60. The minimum absolute atomic E-state index is 0.519. The summed E-state index contributed by atoms with van der Waals surface area (Å²) in [6.45, 7) is 10.0. The average Bonchev–Trinajstić information content (AvgIpc) is 3.38. The molecule has 0 atom stereocenters. The maximum Gasteiger partial charge on any atom is 0.204 e. The van der Waals surface area contributed by atoms with Crippen molar-refractivity contribution in [2.45, 2.75) is 40.2 Å². The number of ether oxygens (including phenoxy) is 1. The van der Waals surface area contributed by atoms with Crippen LogP contribution >= 0.6 is 11.3 Å². The standard InChI is InChI=1S/C29H30N4OS/c1-19(2)22-10-12-23(13-11-22)34-16-15-33-21(4)25(24-17-20(3)9-14-27(24)33)18-30-32-29-31-26-7-5-6-8-28(26)35-29/h5-14,17-19H,15-16H2,1-4H3,(H,31,32)/b30-18+. The summed E-state index contributed by atoms with van der Waals surface area (Å²) in [6.07, 6.45) is 1.91. The van der Waals surface area contributed by atoms with Crippen LogP contribution in [0.1, 0.15) is 42.1 Å². The van der Waals surface area contributed by atoms with Crippen molar-refractivity contribution >= 4 is 43.8 Å². The Hall–Kier alpha value is -3.64. The number of fused-ring (bicyclic) bond motifs is 2. The van der Waals surface area contributed by atoms with Crippen molar-refractivity contribution in [3.05, 3.63) is 89.1 Å². The highest BCUT2D eigenvalue weighted by molar-refractivity contribution is 7.22. The van der Waals surface area contributed by atoms with Crippen LogP contribution in [0.5, 0.6) is 5.75 Å². The quantitative estimate of drug-likeness (QED) is 0.184. The number of hydrogen-bond acceptors (Lipinski definition) is 5. The maximum absolute atomic E-state index is 6.08. The first-order valence-corrected chi connectivity index (χ1v) is 12.8. The van der Waals surface area contributed by atoms with E-state index in [9.17, 15) is 0 Å². The van der Waals surface area contributed by atoms with E-state index in [0.29, 0.717) is 12.5 Å². The monoisotopic (exact) mass is 482 g/mol. The zero-order chi connectivity index (χ0) is 24.4. The van der Waals surface area contributed by atoms with E-state index in [1.165, 1.54) is 27.7 Å². The number of nitrogens with zero attached hydrogens (tertiary/aromatic N) is 3. The van der Waals surface area contributed by atoms with E-state index < -0.39 is 0 Å². The van der Waals surface area contributed by atoms with Crippen molar-refractivity contribution in [3.8, 4) is 5.75 Å². The highest BCUT2D eigenvalue weighted by Crippen LogP contribution is 2.28. The molecule has 6 heteroatoms. The van der Waals surface area contributed by atoms with Crippen molar-refractivity contribution in [1.29, 1.82) is 0 Å². The maximum atomic E-state index is 6.08. The third-order valence-electron chi connectivity index (χ3n) is 6.31. The van der Waals surface area contributed by atoms with Crippen molar-refractivity contribution in [1.82, 2.24) is 9.55 Å². The molecule has 2 heterocycles. The Morgan fingerprint density at radius 3 is 2.63 bits per heavy atom. The molecular formula is C29H30N4OS. The molecule has 0 fully saturated rings. The minimum Gasteiger partial charge on any atom is -0.492 e. The first-order valence-electron chi connectivity index (χ1n) is 12.0. The molecule has 3 aromatic carbocycles. The molecule has 0 aliphatic heterocycles. The number of thiazole rings is 1. The summed E-state index contributed by atoms with van der Waals surface area (Å²) in [5, 5.41) is 6.52. The fraction of sp³-hybridized carbons (Fsp3) is 0.241. The third kappa shape index (κ3) is 4.93. The second-order valence-electron chi connectivity index (χ2n) is 9.10. The second-order valence-corrected chi connectivity index (χ2v) is 10.1. The van der Waals surface area contributed by atoms with Crippen LogP contribution in [0, 0.1) is 13.8 Å². The van der Waals surface area contributed by atoms with E-state index in [1.807, 2.05) is 24.4 Å². The van der Waals surface area contributed by atoms with Gasteiger partial charge in [-0.15, -0.1) is 0 Å². The predicted molar refractivity (Wildman–Crippen MR) is 148 cm³/mol. The van der Waals surface area contributed by atoms with Crippen molar-refractivity contribution < 1.29 is 4.74 Å². The first kappa shape index (κ1) is 23.1. The molecule has 0 saturated heterocycles. The Kier molecular flexibility index (Phi) is 6.55. The van der Waals surface area contributed by atoms with Gasteiger partial charge in [0.15, 0.2) is 0 Å². The van der Waals surface area contributed by atoms with Crippen molar-refractivity contribution in [3.63, 3.8) is 0 Å². The van der Waals surface area contributed by atoms with E-state index in [4.69, 9.17) is 4.74 Å². The van der Waals surface area contributed by atoms with Gasteiger partial charge in [-0.3, -0.25) is 5.43 Å². The molecule has 5 rings (SSSR count). The molecule has 0 spiro atoms. The lowest BCUT2D eigenvalue weighted by atomic mass is 10.0. The SMILES string of the molecule is Cc1ccc2c(c1)c(/C=N/Nc1nc3ccccc3s1)c(C)n2CCOc1ccc(C(C)C)cc1. The summed E-state index contributed by atoms with van der Waals surface area (Å²) in [4.78, 5) is 4.60. The Morgan fingerprint density at radius 2 is 1.86 bits per heavy atom. The Morgan fingerprint density at radius 1 is 1.06 bits per heavy atom. The lowest BCUT2D eigenvalue weighted by Crippen LogP contribution is -2.09. The number of rotatable bonds is 8. The van der Waals surface area contributed by atoms with Crippen LogP contribution in [-0.4, -0.2) is 22.4 Å². The van der Waals surface area contributed by atoms with Crippen LogP contribution in [-0.2, 0) is 6.54 Å². The van der Waals surface area contributed by atoms with Gasteiger partial charge in [-0.1, -0.05) is 61.1 Å². The molecule has 1 N–H and O–H groups in total. The lowest BCUT2D eigenvalue weighted by Gasteiger charge is -2.11. The number of nitrogens with one attached hydrogen (secondary N) is 1. The molecule has 35 heavy (non-hydrogen) atoms. The van der Waals surface area contributed by atoms with Crippen LogP contribution in [0.2, 0.25) is 0 Å². The summed E-state index contributed by atoms with van der Waals surface area (Å²) in [7, 11) is 0. The van der Waals surface area contributed by atoms with E-state index in [-0.39, 0.29) is 0 Å². The van der Waals surface area contributed by atoms with Crippen LogP contribution in [0.4, 0.5) is 5.13 Å². The second kappa shape index (κ2) is 9.92. The van der Waals surface area contributed by atoms with E-state index in [0.717, 1.165) is 33.2 Å². The topological polar surface area (TPSA) is 51.4 Å². The number of aryl methyl sites for hydroxylation is 1. The summed E-state index contributed by atoms with van der Waals surface area (Å²) in [6, 6.07) is 23.1. The molecule has 0 aliphatic rings. The number of aromatic nitrogens is 2. The minimum atomic E-state index is 0.519. The van der Waals surface area contributed by atoms with Crippen LogP contribution in [0.15, 0.2) is 71.8 Å².